The van der Waals surface area contributed by atoms with Gasteiger partial charge in [-0.15, -0.1) is 0 Å². The van der Waals surface area contributed by atoms with Crippen LogP contribution in [0.5, 0.6) is 17.2 Å². The quantitative estimate of drug-likeness (QED) is 0.693. The molecule has 156 valence electrons. The van der Waals surface area contributed by atoms with E-state index in [0.717, 1.165) is 12.1 Å². The first-order valence-electron chi connectivity index (χ1n) is 8.32. The Bertz CT molecular complexity index is 886. The van der Waals surface area contributed by atoms with E-state index < -0.39 is 30.1 Å². The van der Waals surface area contributed by atoms with E-state index in [1.165, 1.54) is 45.3 Å². The van der Waals surface area contributed by atoms with E-state index in [0.29, 0.717) is 0 Å². The van der Waals surface area contributed by atoms with Gasteiger partial charge in [-0.3, -0.25) is 9.59 Å². The highest BCUT2D eigenvalue weighted by atomic mass is 19.1. The summed E-state index contributed by atoms with van der Waals surface area (Å²) < 4.78 is 43.9. The molecule has 8 nitrogen and oxygen atoms in total. The molecular weight excluding hydrogens is 388 g/mol. The van der Waals surface area contributed by atoms with Gasteiger partial charge in [0.15, 0.2) is 29.7 Å². The van der Waals surface area contributed by atoms with Gasteiger partial charge in [-0.25, -0.2) is 8.78 Å². The number of carbonyl (C=O) groups is 2. The number of anilines is 2. The average molecular weight is 409 g/mol. The lowest BCUT2D eigenvalue weighted by atomic mass is 10.1. The fourth-order valence-corrected chi connectivity index (χ4v) is 2.56. The summed E-state index contributed by atoms with van der Waals surface area (Å²) in [7, 11) is 5.66. The topological polar surface area (TPSA) is 103 Å². The van der Waals surface area contributed by atoms with E-state index in [1.807, 2.05) is 0 Å². The van der Waals surface area contributed by atoms with Crippen LogP contribution in [0.15, 0.2) is 24.3 Å². The minimum Gasteiger partial charge on any atom is -0.493 e. The van der Waals surface area contributed by atoms with Crippen LogP contribution in [0, 0.1) is 11.6 Å². The number of carbonyl (C=O) groups excluding carboxylic acids is 2. The van der Waals surface area contributed by atoms with Gasteiger partial charge in [0.2, 0.25) is 5.75 Å². The molecule has 0 aliphatic carbocycles. The first-order valence-corrected chi connectivity index (χ1v) is 8.32. The Balaban J connectivity index is 2.35. The average Bonchev–Trinajstić information content (AvgIpc) is 2.64. The van der Waals surface area contributed by atoms with Crippen LogP contribution in [0.25, 0.3) is 0 Å². The van der Waals surface area contributed by atoms with E-state index in [9.17, 15) is 18.4 Å². The van der Waals surface area contributed by atoms with Gasteiger partial charge in [0.05, 0.1) is 14.2 Å². The van der Waals surface area contributed by atoms with Crippen LogP contribution in [0.3, 0.4) is 0 Å². The van der Waals surface area contributed by atoms with Crippen molar-refractivity contribution in [1.82, 2.24) is 0 Å². The van der Waals surface area contributed by atoms with Gasteiger partial charge in [0, 0.05) is 25.3 Å². The molecule has 0 bridgehead atoms. The Morgan fingerprint density at radius 3 is 1.97 bits per heavy atom. The lowest BCUT2D eigenvalue weighted by Gasteiger charge is -2.17. The number of nitrogens with one attached hydrogen (secondary N) is 1. The van der Waals surface area contributed by atoms with Crippen molar-refractivity contribution in [3.8, 4) is 17.2 Å². The van der Waals surface area contributed by atoms with Gasteiger partial charge >= 0.3 is 0 Å². The third-order valence-electron chi connectivity index (χ3n) is 3.80. The monoisotopic (exact) mass is 409 g/mol. The second-order valence-electron chi connectivity index (χ2n) is 6.10. The first-order chi connectivity index (χ1) is 13.7. The summed E-state index contributed by atoms with van der Waals surface area (Å²) in [5.41, 5.74) is 4.85. The SMILES string of the molecule is COc1cc(C(=O)Nc2cc(F)c(N(C)C)c(F)c2)cc(OC)c1OCC(N)=O. The summed E-state index contributed by atoms with van der Waals surface area (Å²) in [6.07, 6.45) is 0. The Morgan fingerprint density at radius 1 is 1.03 bits per heavy atom. The number of nitrogens with zero attached hydrogens (tertiary/aromatic N) is 1. The molecule has 2 rings (SSSR count). The fraction of sp³-hybridized carbons (Fsp3) is 0.263. The van der Waals surface area contributed by atoms with Crippen LogP contribution in [0.2, 0.25) is 0 Å². The maximum Gasteiger partial charge on any atom is 0.255 e. The van der Waals surface area contributed by atoms with Gasteiger partial charge in [-0.1, -0.05) is 0 Å². The molecule has 3 N–H and O–H groups in total. The van der Waals surface area contributed by atoms with Crippen LogP contribution >= 0.6 is 0 Å². The molecule has 0 aromatic heterocycles. The van der Waals surface area contributed by atoms with Crippen LogP contribution in [-0.2, 0) is 4.79 Å². The minimum atomic E-state index is -0.823. The van der Waals surface area contributed by atoms with Crippen LogP contribution < -0.4 is 30.2 Å². The van der Waals surface area contributed by atoms with Crippen LogP contribution in [0.1, 0.15) is 10.4 Å². The highest BCUT2D eigenvalue weighted by Gasteiger charge is 2.20. The second kappa shape index (κ2) is 9.09. The van der Waals surface area contributed by atoms with Crippen molar-refractivity contribution in [3.63, 3.8) is 0 Å². The molecule has 29 heavy (non-hydrogen) atoms. The van der Waals surface area contributed by atoms with Crippen LogP contribution in [-0.4, -0.2) is 46.7 Å². The Labute approximate surface area is 166 Å². The summed E-state index contributed by atoms with van der Waals surface area (Å²) in [6.45, 7) is -0.422. The highest BCUT2D eigenvalue weighted by molar-refractivity contribution is 6.05. The zero-order valence-corrected chi connectivity index (χ0v) is 16.3. The van der Waals surface area contributed by atoms with Crippen molar-refractivity contribution >= 4 is 23.2 Å². The number of hydrogen-bond acceptors (Lipinski definition) is 6. The fourth-order valence-electron chi connectivity index (χ4n) is 2.56. The van der Waals surface area contributed by atoms with E-state index in [-0.39, 0.29) is 34.2 Å². The van der Waals surface area contributed by atoms with Gasteiger partial charge in [0.25, 0.3) is 11.8 Å². The molecule has 0 fully saturated rings. The predicted molar refractivity (Wildman–Crippen MR) is 103 cm³/mol. The summed E-state index contributed by atoms with van der Waals surface area (Å²) in [6, 6.07) is 4.68. The summed E-state index contributed by atoms with van der Waals surface area (Å²) in [5.74, 6) is -2.73. The van der Waals surface area contributed by atoms with E-state index in [4.69, 9.17) is 19.9 Å². The lowest BCUT2D eigenvalue weighted by molar-refractivity contribution is -0.120. The zero-order valence-electron chi connectivity index (χ0n) is 16.3. The van der Waals surface area contributed by atoms with Crippen LogP contribution in [0.4, 0.5) is 20.2 Å². The van der Waals surface area contributed by atoms with Crippen molar-refractivity contribution in [2.75, 3.05) is 45.1 Å². The molecule has 2 aromatic carbocycles. The molecule has 0 spiro atoms. The van der Waals surface area contributed by atoms with Gasteiger partial charge < -0.3 is 30.2 Å². The largest absolute Gasteiger partial charge is 0.493 e. The number of methoxy groups -OCH3 is 2. The molecule has 2 amide bonds. The molecule has 0 atom stereocenters. The molecule has 0 saturated heterocycles. The van der Waals surface area contributed by atoms with Gasteiger partial charge in [-0.2, -0.15) is 0 Å². The molecule has 0 radical (unpaired) electrons. The molecule has 0 unspecified atom stereocenters. The molecule has 0 saturated carbocycles. The molecule has 0 aliphatic heterocycles. The molecule has 10 heteroatoms. The van der Waals surface area contributed by atoms with Crippen molar-refractivity contribution in [2.24, 2.45) is 5.73 Å². The Hall–Kier alpha value is -3.56. The number of benzene rings is 2. The van der Waals surface area contributed by atoms with Crippen molar-refractivity contribution in [3.05, 3.63) is 41.5 Å². The number of ether oxygens (including phenoxy) is 3. The maximum absolute atomic E-state index is 14.1. The number of rotatable bonds is 8. The predicted octanol–water partition coefficient (Wildman–Crippen LogP) is 2.16. The second-order valence-corrected chi connectivity index (χ2v) is 6.10. The number of amides is 2. The normalized spacial score (nSPS) is 10.3. The Morgan fingerprint density at radius 2 is 1.55 bits per heavy atom. The highest BCUT2D eigenvalue weighted by Crippen LogP contribution is 2.38. The van der Waals surface area contributed by atoms with Crippen molar-refractivity contribution in [1.29, 1.82) is 0 Å². The summed E-state index contributed by atoms with van der Waals surface area (Å²) in [5, 5.41) is 2.41. The Kier molecular flexibility index (Phi) is 6.81. The number of nitrogens with two attached hydrogens (primary N) is 1. The number of halogens is 2. The molecular formula is C19H21F2N3O5. The smallest absolute Gasteiger partial charge is 0.255 e. The summed E-state index contributed by atoms with van der Waals surface area (Å²) in [4.78, 5) is 24.8. The summed E-state index contributed by atoms with van der Waals surface area (Å²) >= 11 is 0. The third-order valence-corrected chi connectivity index (χ3v) is 3.80. The number of primary amides is 1. The van der Waals surface area contributed by atoms with Gasteiger partial charge in [0.1, 0.15) is 5.69 Å². The molecule has 0 aliphatic rings. The van der Waals surface area contributed by atoms with Crippen molar-refractivity contribution in [2.45, 2.75) is 0 Å². The zero-order chi connectivity index (χ0) is 21.7. The third kappa shape index (κ3) is 5.03. The first kappa shape index (κ1) is 21.7. The van der Waals surface area contributed by atoms with Crippen molar-refractivity contribution < 1.29 is 32.6 Å². The van der Waals surface area contributed by atoms with E-state index in [2.05, 4.69) is 5.32 Å². The lowest BCUT2D eigenvalue weighted by Crippen LogP contribution is -2.20. The van der Waals surface area contributed by atoms with E-state index >= 15 is 0 Å². The number of hydrogen-bond donors (Lipinski definition) is 2. The minimum absolute atomic E-state index is 0.0670. The molecule has 2 aromatic rings. The maximum atomic E-state index is 14.1. The standard InChI is InChI=1S/C19H21F2N3O5/c1-24(2)17-12(20)7-11(8-13(17)21)23-19(26)10-5-14(27-3)18(15(6-10)28-4)29-9-16(22)25/h5-8H,9H2,1-4H3,(H2,22,25)(H,23,26). The van der Waals surface area contributed by atoms with E-state index in [1.54, 1.807) is 0 Å². The van der Waals surface area contributed by atoms with Gasteiger partial charge in [-0.05, 0) is 24.3 Å². The molecule has 0 heterocycles.